The van der Waals surface area contributed by atoms with Crippen molar-refractivity contribution < 1.29 is 8.76 Å². The van der Waals surface area contributed by atoms with E-state index in [9.17, 15) is 8.76 Å². The average Bonchev–Trinajstić information content (AvgIpc) is 1.88. The van der Waals surface area contributed by atoms with E-state index in [4.69, 9.17) is 7.85 Å². The summed E-state index contributed by atoms with van der Waals surface area (Å²) >= 11 is -2.17. The first-order valence-corrected chi connectivity index (χ1v) is 3.72. The van der Waals surface area contributed by atoms with Crippen molar-refractivity contribution in [2.45, 2.75) is 4.90 Å². The number of rotatable bonds is 1. The maximum atomic E-state index is 10.3. The molecule has 4 heteroatoms. The molecule has 1 atom stereocenters. The van der Waals surface area contributed by atoms with Gasteiger partial charge in [-0.1, -0.05) is 23.7 Å². The fourth-order valence-corrected chi connectivity index (χ4v) is 1.04. The Labute approximate surface area is 63.0 Å². The average molecular weight is 151 g/mol. The van der Waals surface area contributed by atoms with Crippen molar-refractivity contribution in [2.24, 2.45) is 0 Å². The Balaban J connectivity index is 3.07. The predicted octanol–water partition coefficient (Wildman–Crippen LogP) is -0.282. The van der Waals surface area contributed by atoms with Gasteiger partial charge in [0.2, 0.25) is 0 Å². The van der Waals surface area contributed by atoms with E-state index in [-0.39, 0.29) is 4.90 Å². The topological polar surface area (TPSA) is 40.1 Å². The van der Waals surface area contributed by atoms with Gasteiger partial charge in [-0.15, -0.1) is 0 Å². The van der Waals surface area contributed by atoms with Crippen LogP contribution >= 0.6 is 0 Å². The van der Waals surface area contributed by atoms with Crippen LogP contribution in [0.1, 0.15) is 0 Å². The first-order chi connectivity index (χ1) is 4.70. The highest BCUT2D eigenvalue weighted by atomic mass is 32.2. The maximum Gasteiger partial charge on any atom is 0.113 e. The molecule has 0 aliphatic carbocycles. The Morgan fingerprint density at radius 1 is 1.50 bits per heavy atom. The predicted molar refractivity (Wildman–Crippen MR) is 39.0 cm³/mol. The van der Waals surface area contributed by atoms with E-state index < -0.39 is 11.1 Å². The van der Waals surface area contributed by atoms with E-state index in [0.29, 0.717) is 5.46 Å². The van der Waals surface area contributed by atoms with E-state index in [1.807, 2.05) is 0 Å². The SMILES string of the molecule is [B]c1cccc(S(=O)[O-])c1. The minimum atomic E-state index is -2.17. The van der Waals surface area contributed by atoms with E-state index in [1.54, 1.807) is 12.1 Å². The normalized spacial score (nSPS) is 12.9. The Bertz CT molecular complexity index is 262. The van der Waals surface area contributed by atoms with Gasteiger partial charge in [0.05, 0.1) is 0 Å². The summed E-state index contributed by atoms with van der Waals surface area (Å²) in [6, 6.07) is 6.12. The van der Waals surface area contributed by atoms with Gasteiger partial charge in [-0.2, -0.15) is 0 Å². The molecule has 1 aromatic carbocycles. The molecule has 2 nitrogen and oxygen atoms in total. The lowest BCUT2D eigenvalue weighted by molar-refractivity contribution is 0.537. The zero-order valence-corrected chi connectivity index (χ0v) is 5.93. The summed E-state index contributed by atoms with van der Waals surface area (Å²) in [6.45, 7) is 0. The third-order valence-electron chi connectivity index (χ3n) is 1.05. The smallest absolute Gasteiger partial charge is 0.113 e. The molecule has 1 unspecified atom stereocenters. The van der Waals surface area contributed by atoms with Gasteiger partial charge < -0.3 is 4.55 Å². The van der Waals surface area contributed by atoms with Crippen molar-refractivity contribution in [1.29, 1.82) is 0 Å². The monoisotopic (exact) mass is 151 g/mol. The van der Waals surface area contributed by atoms with Gasteiger partial charge in [-0.25, -0.2) is 0 Å². The van der Waals surface area contributed by atoms with Crippen LogP contribution in [0.15, 0.2) is 29.2 Å². The molecule has 0 aliphatic rings. The summed E-state index contributed by atoms with van der Waals surface area (Å²) in [7, 11) is 5.32. The van der Waals surface area contributed by atoms with Gasteiger partial charge in [-0.3, -0.25) is 4.21 Å². The van der Waals surface area contributed by atoms with Crippen LogP contribution in [0.2, 0.25) is 0 Å². The highest BCUT2D eigenvalue weighted by molar-refractivity contribution is 7.79. The lowest BCUT2D eigenvalue weighted by Gasteiger charge is -2.04. The molecule has 0 aromatic heterocycles. The molecule has 1 rings (SSSR count). The molecule has 10 heavy (non-hydrogen) atoms. The van der Waals surface area contributed by atoms with Crippen LogP contribution in [0, 0.1) is 0 Å². The summed E-state index contributed by atoms with van der Waals surface area (Å²) in [5, 5.41) is 0. The van der Waals surface area contributed by atoms with E-state index in [1.165, 1.54) is 12.1 Å². The van der Waals surface area contributed by atoms with Crippen molar-refractivity contribution in [3.05, 3.63) is 24.3 Å². The summed E-state index contributed by atoms with van der Waals surface area (Å²) in [5.74, 6) is 0. The fraction of sp³-hybridized carbons (Fsp3) is 0. The van der Waals surface area contributed by atoms with Crippen molar-refractivity contribution in [3.63, 3.8) is 0 Å². The molecule has 0 fully saturated rings. The van der Waals surface area contributed by atoms with Crippen LogP contribution in [0.25, 0.3) is 0 Å². The largest absolute Gasteiger partial charge is 0.768 e. The lowest BCUT2D eigenvalue weighted by Crippen LogP contribution is -2.02. The van der Waals surface area contributed by atoms with E-state index in [2.05, 4.69) is 0 Å². The minimum absolute atomic E-state index is 0.222. The lowest BCUT2D eigenvalue weighted by atomic mass is 9.97. The Morgan fingerprint density at radius 2 is 2.20 bits per heavy atom. The third kappa shape index (κ3) is 1.69. The molecule has 0 bridgehead atoms. The Morgan fingerprint density at radius 3 is 2.60 bits per heavy atom. The molecular weight excluding hydrogens is 147 g/mol. The zero-order valence-electron chi connectivity index (χ0n) is 5.11. The number of hydrogen-bond acceptors (Lipinski definition) is 2. The highest BCUT2D eigenvalue weighted by Gasteiger charge is 1.89. The third-order valence-corrected chi connectivity index (χ3v) is 1.69. The van der Waals surface area contributed by atoms with Crippen molar-refractivity contribution in [3.8, 4) is 0 Å². The van der Waals surface area contributed by atoms with Gasteiger partial charge in [0.15, 0.2) is 0 Å². The quantitative estimate of drug-likeness (QED) is 0.409. The van der Waals surface area contributed by atoms with Crippen molar-refractivity contribution >= 4 is 24.4 Å². The van der Waals surface area contributed by atoms with Crippen LogP contribution < -0.4 is 5.46 Å². The second-order valence-corrected chi connectivity index (χ2v) is 2.75. The van der Waals surface area contributed by atoms with Crippen LogP contribution in [-0.2, 0) is 11.1 Å². The molecule has 0 saturated carbocycles. The second kappa shape index (κ2) is 2.99. The summed E-state index contributed by atoms with van der Waals surface area (Å²) < 4.78 is 20.6. The van der Waals surface area contributed by atoms with Crippen LogP contribution in [-0.4, -0.2) is 16.6 Å². The van der Waals surface area contributed by atoms with Gasteiger partial charge >= 0.3 is 0 Å². The summed E-state index contributed by atoms with van der Waals surface area (Å²) in [5.41, 5.74) is 0.460. The molecule has 50 valence electrons. The van der Waals surface area contributed by atoms with Gasteiger partial charge in [0.25, 0.3) is 0 Å². The molecule has 0 spiro atoms. The molecule has 0 saturated heterocycles. The van der Waals surface area contributed by atoms with Crippen LogP contribution in [0.5, 0.6) is 0 Å². The van der Waals surface area contributed by atoms with Crippen LogP contribution in [0.3, 0.4) is 0 Å². The molecule has 1 aromatic rings. The zero-order chi connectivity index (χ0) is 7.56. The first kappa shape index (κ1) is 7.50. The molecule has 2 radical (unpaired) electrons. The molecule has 0 amide bonds. The molecule has 0 N–H and O–H groups in total. The van der Waals surface area contributed by atoms with E-state index in [0.717, 1.165) is 0 Å². The summed E-state index contributed by atoms with van der Waals surface area (Å²) in [6.07, 6.45) is 0. The molecular formula is C6H4BO2S-. The summed E-state index contributed by atoms with van der Waals surface area (Å²) in [4.78, 5) is 0.222. The highest BCUT2D eigenvalue weighted by Crippen LogP contribution is 1.99. The van der Waals surface area contributed by atoms with Gasteiger partial charge in [-0.05, 0) is 17.1 Å². The van der Waals surface area contributed by atoms with Crippen molar-refractivity contribution in [1.82, 2.24) is 0 Å². The Hall–Kier alpha value is -0.605. The minimum Gasteiger partial charge on any atom is -0.768 e. The first-order valence-electron chi connectivity index (χ1n) is 2.65. The standard InChI is InChI=1S/C6H5BO2S/c7-5-2-1-3-6(4-5)10(8)9/h1-4H,(H,8,9)/p-1. The molecule has 0 heterocycles. The van der Waals surface area contributed by atoms with Crippen LogP contribution in [0.4, 0.5) is 0 Å². The number of benzene rings is 1. The number of hydrogen-bond donors (Lipinski definition) is 0. The van der Waals surface area contributed by atoms with E-state index >= 15 is 0 Å². The second-order valence-electron chi connectivity index (χ2n) is 1.81. The van der Waals surface area contributed by atoms with Gasteiger partial charge in [0.1, 0.15) is 7.85 Å². The van der Waals surface area contributed by atoms with Gasteiger partial charge in [0, 0.05) is 4.90 Å². The fourth-order valence-electron chi connectivity index (χ4n) is 0.618. The molecule has 0 aliphatic heterocycles. The Kier molecular flexibility index (Phi) is 2.24. The van der Waals surface area contributed by atoms with Crippen molar-refractivity contribution in [2.75, 3.05) is 0 Å². The maximum absolute atomic E-state index is 10.3.